The Labute approximate surface area is 158 Å². The van der Waals surface area contributed by atoms with Crippen molar-refractivity contribution in [3.05, 3.63) is 36.0 Å². The van der Waals surface area contributed by atoms with Gasteiger partial charge in [-0.1, -0.05) is 0 Å². The standard InChI is InChI=1S/C19H25N5O3/c1-3-20-19(26)22-15-6-4-14(5-7-15)18-21-16(11-25)10-17(23-18)24-8-9-27-12-13(24)2/h4-7,10,13,25H,3,8-9,11-12H2,1-2H3,(H2,20,22,26). The van der Waals surface area contributed by atoms with Crippen LogP contribution in [-0.4, -0.2) is 53.5 Å². The summed E-state index contributed by atoms with van der Waals surface area (Å²) in [6, 6.07) is 9.09. The molecule has 0 aliphatic carbocycles. The number of aliphatic hydroxyl groups excluding tert-OH is 1. The maximum atomic E-state index is 11.6. The molecule has 144 valence electrons. The molecular weight excluding hydrogens is 346 g/mol. The van der Waals surface area contributed by atoms with E-state index < -0.39 is 0 Å². The Bertz CT molecular complexity index is 781. The van der Waals surface area contributed by atoms with Gasteiger partial charge in [0.2, 0.25) is 0 Å². The number of amides is 2. The van der Waals surface area contributed by atoms with Gasteiger partial charge < -0.3 is 25.4 Å². The first-order chi connectivity index (χ1) is 13.1. The molecule has 27 heavy (non-hydrogen) atoms. The third kappa shape index (κ3) is 4.72. The number of aliphatic hydroxyl groups is 1. The maximum absolute atomic E-state index is 11.6. The number of nitrogens with zero attached hydrogens (tertiary/aromatic N) is 3. The Morgan fingerprint density at radius 2 is 2.11 bits per heavy atom. The number of anilines is 2. The molecule has 1 atom stereocenters. The minimum absolute atomic E-state index is 0.155. The molecule has 1 aliphatic heterocycles. The fourth-order valence-electron chi connectivity index (χ4n) is 2.95. The molecule has 3 N–H and O–H groups in total. The van der Waals surface area contributed by atoms with E-state index in [-0.39, 0.29) is 18.7 Å². The van der Waals surface area contributed by atoms with Crippen LogP contribution in [0.3, 0.4) is 0 Å². The van der Waals surface area contributed by atoms with Crippen LogP contribution < -0.4 is 15.5 Å². The number of hydrogen-bond donors (Lipinski definition) is 3. The van der Waals surface area contributed by atoms with E-state index in [0.717, 1.165) is 17.9 Å². The number of rotatable bonds is 5. The van der Waals surface area contributed by atoms with Crippen LogP contribution in [0, 0.1) is 0 Å². The number of carbonyl (C=O) groups excluding carboxylic acids is 1. The van der Waals surface area contributed by atoms with E-state index in [0.29, 0.717) is 37.0 Å². The van der Waals surface area contributed by atoms with Crippen molar-refractivity contribution in [3.63, 3.8) is 0 Å². The molecule has 0 bridgehead atoms. The fraction of sp³-hybridized carbons (Fsp3) is 0.421. The topological polar surface area (TPSA) is 99.6 Å². The number of carbonyl (C=O) groups is 1. The maximum Gasteiger partial charge on any atom is 0.319 e. The molecule has 2 heterocycles. The first-order valence-corrected chi connectivity index (χ1v) is 9.09. The zero-order valence-corrected chi connectivity index (χ0v) is 15.6. The average Bonchev–Trinajstić information content (AvgIpc) is 2.68. The molecule has 2 amide bonds. The lowest BCUT2D eigenvalue weighted by molar-refractivity contribution is 0.0985. The average molecular weight is 371 g/mol. The van der Waals surface area contributed by atoms with Gasteiger partial charge in [0.25, 0.3) is 0 Å². The minimum atomic E-state index is -0.243. The molecule has 1 aromatic heterocycles. The molecule has 0 radical (unpaired) electrons. The van der Waals surface area contributed by atoms with E-state index in [1.165, 1.54) is 0 Å². The number of urea groups is 1. The summed E-state index contributed by atoms with van der Waals surface area (Å²) in [7, 11) is 0. The second kappa shape index (κ2) is 8.79. The fourth-order valence-corrected chi connectivity index (χ4v) is 2.95. The van der Waals surface area contributed by atoms with Gasteiger partial charge in [0.15, 0.2) is 5.82 Å². The highest BCUT2D eigenvalue weighted by Gasteiger charge is 2.21. The Kier molecular flexibility index (Phi) is 6.20. The van der Waals surface area contributed by atoms with Gasteiger partial charge in [-0.3, -0.25) is 0 Å². The van der Waals surface area contributed by atoms with E-state index >= 15 is 0 Å². The first kappa shape index (κ1) is 19.1. The molecule has 8 nitrogen and oxygen atoms in total. The van der Waals surface area contributed by atoms with Crippen molar-refractivity contribution in [1.29, 1.82) is 0 Å². The largest absolute Gasteiger partial charge is 0.390 e. The molecule has 2 aromatic rings. The highest BCUT2D eigenvalue weighted by molar-refractivity contribution is 5.89. The Morgan fingerprint density at radius 3 is 2.78 bits per heavy atom. The van der Waals surface area contributed by atoms with Crippen LogP contribution in [0.15, 0.2) is 30.3 Å². The second-order valence-electron chi connectivity index (χ2n) is 6.38. The monoisotopic (exact) mass is 371 g/mol. The lowest BCUT2D eigenvalue weighted by atomic mass is 10.2. The molecule has 1 aromatic carbocycles. The van der Waals surface area contributed by atoms with Gasteiger partial charge in [-0.05, 0) is 38.1 Å². The predicted molar refractivity (Wildman–Crippen MR) is 104 cm³/mol. The SMILES string of the molecule is CCNC(=O)Nc1ccc(-c2nc(CO)cc(N3CCOCC3C)n2)cc1. The number of morpholine rings is 1. The highest BCUT2D eigenvalue weighted by atomic mass is 16.5. The van der Waals surface area contributed by atoms with Gasteiger partial charge in [-0.2, -0.15) is 0 Å². The van der Waals surface area contributed by atoms with E-state index in [1.807, 2.05) is 25.1 Å². The summed E-state index contributed by atoms with van der Waals surface area (Å²) in [5.74, 6) is 1.32. The summed E-state index contributed by atoms with van der Waals surface area (Å²) >= 11 is 0. The van der Waals surface area contributed by atoms with Crippen LogP contribution in [-0.2, 0) is 11.3 Å². The third-order valence-electron chi connectivity index (χ3n) is 4.33. The van der Waals surface area contributed by atoms with Gasteiger partial charge in [0, 0.05) is 30.4 Å². The lowest BCUT2D eigenvalue weighted by Gasteiger charge is -2.34. The van der Waals surface area contributed by atoms with E-state index in [4.69, 9.17) is 9.72 Å². The molecule has 0 saturated carbocycles. The van der Waals surface area contributed by atoms with E-state index in [2.05, 4.69) is 27.4 Å². The summed E-state index contributed by atoms with van der Waals surface area (Å²) in [6.45, 7) is 6.40. The molecule has 0 spiro atoms. The molecule has 1 fully saturated rings. The van der Waals surface area contributed by atoms with E-state index in [9.17, 15) is 9.90 Å². The number of hydrogen-bond acceptors (Lipinski definition) is 6. The second-order valence-corrected chi connectivity index (χ2v) is 6.38. The smallest absolute Gasteiger partial charge is 0.319 e. The van der Waals surface area contributed by atoms with Crippen molar-refractivity contribution in [2.45, 2.75) is 26.5 Å². The van der Waals surface area contributed by atoms with Crippen LogP contribution in [0.1, 0.15) is 19.5 Å². The Balaban J connectivity index is 1.85. The summed E-state index contributed by atoms with van der Waals surface area (Å²) < 4.78 is 5.49. The normalized spacial score (nSPS) is 16.9. The van der Waals surface area contributed by atoms with Gasteiger partial charge in [-0.15, -0.1) is 0 Å². The van der Waals surface area contributed by atoms with Crippen LogP contribution in [0.5, 0.6) is 0 Å². The van der Waals surface area contributed by atoms with Gasteiger partial charge in [0.05, 0.1) is 31.6 Å². The number of benzene rings is 1. The molecule has 3 rings (SSSR count). The molecule has 1 saturated heterocycles. The molecule has 1 aliphatic rings. The summed E-state index contributed by atoms with van der Waals surface area (Å²) in [5.41, 5.74) is 2.07. The number of ether oxygens (including phenoxy) is 1. The van der Waals surface area contributed by atoms with Gasteiger partial charge in [-0.25, -0.2) is 14.8 Å². The Morgan fingerprint density at radius 1 is 1.33 bits per heavy atom. The number of nitrogens with one attached hydrogen (secondary N) is 2. The van der Waals surface area contributed by atoms with Crippen LogP contribution >= 0.6 is 0 Å². The quantitative estimate of drug-likeness (QED) is 0.743. The minimum Gasteiger partial charge on any atom is -0.390 e. The summed E-state index contributed by atoms with van der Waals surface area (Å²) in [6.07, 6.45) is 0. The van der Waals surface area contributed by atoms with E-state index in [1.54, 1.807) is 12.1 Å². The molecular formula is C19H25N5O3. The highest BCUT2D eigenvalue weighted by Crippen LogP contribution is 2.24. The Hall–Kier alpha value is -2.71. The predicted octanol–water partition coefficient (Wildman–Crippen LogP) is 2.00. The zero-order chi connectivity index (χ0) is 19.2. The van der Waals surface area contributed by atoms with Crippen LogP contribution in [0.25, 0.3) is 11.4 Å². The van der Waals surface area contributed by atoms with Crippen molar-refractivity contribution in [1.82, 2.24) is 15.3 Å². The third-order valence-corrected chi connectivity index (χ3v) is 4.33. The van der Waals surface area contributed by atoms with Crippen molar-refractivity contribution in [2.24, 2.45) is 0 Å². The summed E-state index contributed by atoms with van der Waals surface area (Å²) in [4.78, 5) is 22.9. The number of aromatic nitrogens is 2. The van der Waals surface area contributed by atoms with Crippen molar-refractivity contribution < 1.29 is 14.6 Å². The van der Waals surface area contributed by atoms with Crippen molar-refractivity contribution in [2.75, 3.05) is 36.5 Å². The molecule has 8 heteroatoms. The van der Waals surface area contributed by atoms with Crippen LogP contribution in [0.4, 0.5) is 16.3 Å². The summed E-state index contributed by atoms with van der Waals surface area (Å²) in [5, 5.41) is 15.0. The van der Waals surface area contributed by atoms with Gasteiger partial charge in [0.1, 0.15) is 5.82 Å². The van der Waals surface area contributed by atoms with Crippen LogP contribution in [0.2, 0.25) is 0 Å². The zero-order valence-electron chi connectivity index (χ0n) is 15.6. The van der Waals surface area contributed by atoms with Crippen molar-refractivity contribution in [3.8, 4) is 11.4 Å². The van der Waals surface area contributed by atoms with Gasteiger partial charge >= 0.3 is 6.03 Å². The lowest BCUT2D eigenvalue weighted by Crippen LogP contribution is -2.44. The first-order valence-electron chi connectivity index (χ1n) is 9.09. The van der Waals surface area contributed by atoms with Crippen molar-refractivity contribution >= 4 is 17.5 Å². The molecule has 1 unspecified atom stereocenters.